The van der Waals surface area contributed by atoms with E-state index in [1.807, 2.05) is 13.8 Å². The number of rotatable bonds is 12. The molecule has 0 aliphatic rings. The van der Waals surface area contributed by atoms with Gasteiger partial charge in [-0.1, -0.05) is 13.8 Å². The predicted octanol–water partition coefficient (Wildman–Crippen LogP) is 0.475. The van der Waals surface area contributed by atoms with E-state index in [0.29, 0.717) is 13.2 Å². The van der Waals surface area contributed by atoms with E-state index in [1.165, 1.54) is 0 Å². The van der Waals surface area contributed by atoms with Gasteiger partial charge in [-0.3, -0.25) is 0 Å². The van der Waals surface area contributed by atoms with Gasteiger partial charge in [-0.05, 0) is 37.5 Å². The molecule has 0 aromatic heterocycles. The van der Waals surface area contributed by atoms with Crippen molar-refractivity contribution >= 4 is 0 Å². The summed E-state index contributed by atoms with van der Waals surface area (Å²) < 4.78 is 5.55. The van der Waals surface area contributed by atoms with Crippen molar-refractivity contribution in [3.63, 3.8) is 0 Å². The Morgan fingerprint density at radius 3 is 1.47 bits per heavy atom. The van der Waals surface area contributed by atoms with E-state index in [4.69, 9.17) is 16.2 Å². The fraction of sp³-hybridized carbons (Fsp3) is 1.00. The normalized spacial score (nSPS) is 18.0. The van der Waals surface area contributed by atoms with E-state index in [0.717, 1.165) is 25.7 Å². The molecule has 0 saturated heterocycles. The first kappa shape index (κ1) is 18.8. The van der Waals surface area contributed by atoms with Gasteiger partial charge in [-0.2, -0.15) is 0 Å². The first-order chi connectivity index (χ1) is 9.10. The topological polar surface area (TPSA) is 102 Å². The lowest BCUT2D eigenvalue weighted by Gasteiger charge is -2.22. The molecule has 5 heteroatoms. The lowest BCUT2D eigenvalue weighted by Crippen LogP contribution is -2.33. The fourth-order valence-electron chi connectivity index (χ4n) is 2.12. The predicted molar refractivity (Wildman–Crippen MR) is 77.7 cm³/mol. The van der Waals surface area contributed by atoms with E-state index in [1.54, 1.807) is 0 Å². The molecule has 0 bridgehead atoms. The molecule has 0 aromatic carbocycles. The standard InChI is InChI=1S/C14H32N2O3/c1-3-13(15)11(9-17)5-7-19-8-6-12(10-18)14(16)4-2/h11-14,17-18H,3-10,15-16H2,1-2H3. The number of hydrogen-bond acceptors (Lipinski definition) is 5. The van der Waals surface area contributed by atoms with E-state index < -0.39 is 0 Å². The van der Waals surface area contributed by atoms with Crippen molar-refractivity contribution in [3.05, 3.63) is 0 Å². The maximum atomic E-state index is 9.23. The third kappa shape index (κ3) is 7.84. The lowest BCUT2D eigenvalue weighted by molar-refractivity contribution is 0.0778. The van der Waals surface area contributed by atoms with Crippen LogP contribution in [0, 0.1) is 11.8 Å². The van der Waals surface area contributed by atoms with Gasteiger partial charge >= 0.3 is 0 Å². The quantitative estimate of drug-likeness (QED) is 0.388. The second-order valence-corrected chi connectivity index (χ2v) is 5.22. The first-order valence-electron chi connectivity index (χ1n) is 7.41. The minimum absolute atomic E-state index is 0.0345. The molecule has 4 unspecified atom stereocenters. The van der Waals surface area contributed by atoms with Gasteiger partial charge in [0.05, 0.1) is 0 Å². The van der Waals surface area contributed by atoms with Crippen LogP contribution in [0.1, 0.15) is 39.5 Å². The fourth-order valence-corrected chi connectivity index (χ4v) is 2.12. The molecule has 5 nitrogen and oxygen atoms in total. The van der Waals surface area contributed by atoms with Crippen molar-refractivity contribution in [2.24, 2.45) is 23.3 Å². The molecule has 0 radical (unpaired) electrons. The summed E-state index contributed by atoms with van der Waals surface area (Å²) in [6, 6.07) is 0.0691. The van der Waals surface area contributed by atoms with Gasteiger partial charge in [-0.15, -0.1) is 0 Å². The van der Waals surface area contributed by atoms with Crippen LogP contribution in [0.15, 0.2) is 0 Å². The highest BCUT2D eigenvalue weighted by Gasteiger charge is 2.16. The molecule has 0 aromatic rings. The van der Waals surface area contributed by atoms with Crippen LogP contribution in [0.3, 0.4) is 0 Å². The van der Waals surface area contributed by atoms with E-state index in [-0.39, 0.29) is 37.1 Å². The van der Waals surface area contributed by atoms with Crippen LogP contribution < -0.4 is 11.5 Å². The smallest absolute Gasteiger partial charge is 0.0474 e. The summed E-state index contributed by atoms with van der Waals surface area (Å²) in [5, 5.41) is 18.5. The Balaban J connectivity index is 3.73. The Hall–Kier alpha value is -0.200. The summed E-state index contributed by atoms with van der Waals surface area (Å²) in [5.74, 6) is 0.216. The molecule has 0 amide bonds. The minimum Gasteiger partial charge on any atom is -0.396 e. The van der Waals surface area contributed by atoms with Crippen LogP contribution in [0.4, 0.5) is 0 Å². The summed E-state index contributed by atoms with van der Waals surface area (Å²) in [4.78, 5) is 0. The van der Waals surface area contributed by atoms with Crippen LogP contribution in [-0.4, -0.2) is 48.7 Å². The van der Waals surface area contributed by atoms with Gasteiger partial charge < -0.3 is 26.4 Å². The van der Waals surface area contributed by atoms with Gasteiger partial charge in [0, 0.05) is 38.5 Å². The van der Waals surface area contributed by atoms with Crippen molar-refractivity contribution in [2.75, 3.05) is 26.4 Å². The number of hydrogen-bond donors (Lipinski definition) is 4. The zero-order chi connectivity index (χ0) is 14.7. The molecule has 0 aliphatic carbocycles. The zero-order valence-electron chi connectivity index (χ0n) is 12.4. The first-order valence-corrected chi connectivity index (χ1v) is 7.41. The summed E-state index contributed by atoms with van der Waals surface area (Å²) in [6.45, 7) is 5.45. The summed E-state index contributed by atoms with van der Waals surface area (Å²) in [5.41, 5.74) is 11.8. The van der Waals surface area contributed by atoms with E-state index in [2.05, 4.69) is 0 Å². The van der Waals surface area contributed by atoms with Crippen LogP contribution in [0.5, 0.6) is 0 Å². The van der Waals surface area contributed by atoms with Crippen molar-refractivity contribution in [1.82, 2.24) is 0 Å². The Labute approximate surface area is 117 Å². The highest BCUT2D eigenvalue weighted by molar-refractivity contribution is 4.72. The third-order valence-electron chi connectivity index (χ3n) is 3.89. The second kappa shape index (κ2) is 11.6. The zero-order valence-corrected chi connectivity index (χ0v) is 12.4. The Kier molecular flexibility index (Phi) is 11.5. The Morgan fingerprint density at radius 2 is 1.21 bits per heavy atom. The summed E-state index contributed by atoms with van der Waals surface area (Å²) in [7, 11) is 0. The van der Waals surface area contributed by atoms with Crippen molar-refractivity contribution in [1.29, 1.82) is 0 Å². The highest BCUT2D eigenvalue weighted by atomic mass is 16.5. The molecule has 0 rings (SSSR count). The molecular formula is C14H32N2O3. The number of aliphatic hydroxyl groups excluding tert-OH is 2. The molecular weight excluding hydrogens is 244 g/mol. The Morgan fingerprint density at radius 1 is 0.842 bits per heavy atom. The van der Waals surface area contributed by atoms with Gasteiger partial charge in [0.2, 0.25) is 0 Å². The second-order valence-electron chi connectivity index (χ2n) is 5.22. The Bertz CT molecular complexity index is 185. The molecule has 0 heterocycles. The molecule has 0 fully saturated rings. The number of nitrogens with two attached hydrogens (primary N) is 2. The molecule has 0 aliphatic heterocycles. The molecule has 116 valence electrons. The number of aliphatic hydroxyl groups is 2. The lowest BCUT2D eigenvalue weighted by atomic mass is 9.95. The average Bonchev–Trinajstić information content (AvgIpc) is 2.45. The summed E-state index contributed by atoms with van der Waals surface area (Å²) in [6.07, 6.45) is 3.27. The van der Waals surface area contributed by atoms with Gasteiger partial charge in [-0.25, -0.2) is 0 Å². The largest absolute Gasteiger partial charge is 0.396 e. The van der Waals surface area contributed by atoms with Crippen molar-refractivity contribution in [2.45, 2.75) is 51.6 Å². The van der Waals surface area contributed by atoms with Crippen LogP contribution in [0.2, 0.25) is 0 Å². The highest BCUT2D eigenvalue weighted by Crippen LogP contribution is 2.12. The third-order valence-corrected chi connectivity index (χ3v) is 3.89. The average molecular weight is 276 g/mol. The van der Waals surface area contributed by atoms with Gasteiger partial charge in [0.25, 0.3) is 0 Å². The van der Waals surface area contributed by atoms with Gasteiger partial charge in [0.1, 0.15) is 0 Å². The maximum absolute atomic E-state index is 9.23. The monoisotopic (exact) mass is 276 g/mol. The molecule has 4 atom stereocenters. The van der Waals surface area contributed by atoms with Crippen LogP contribution in [-0.2, 0) is 4.74 Å². The van der Waals surface area contributed by atoms with Crippen LogP contribution in [0.25, 0.3) is 0 Å². The van der Waals surface area contributed by atoms with E-state index >= 15 is 0 Å². The maximum Gasteiger partial charge on any atom is 0.0474 e. The van der Waals surface area contributed by atoms with Crippen molar-refractivity contribution < 1.29 is 14.9 Å². The SMILES string of the molecule is CCC(N)C(CO)CCOCCC(CO)C(N)CC. The number of ether oxygens (including phenoxy) is 1. The molecule has 19 heavy (non-hydrogen) atoms. The minimum atomic E-state index is 0.0345. The molecule has 0 saturated carbocycles. The van der Waals surface area contributed by atoms with E-state index in [9.17, 15) is 10.2 Å². The summed E-state index contributed by atoms with van der Waals surface area (Å²) >= 11 is 0. The van der Waals surface area contributed by atoms with Gasteiger partial charge in [0.15, 0.2) is 0 Å². The van der Waals surface area contributed by atoms with Crippen LogP contribution >= 0.6 is 0 Å². The van der Waals surface area contributed by atoms with Crippen molar-refractivity contribution in [3.8, 4) is 0 Å². The molecule has 0 spiro atoms. The molecule has 6 N–H and O–H groups in total.